The summed E-state index contributed by atoms with van der Waals surface area (Å²) < 4.78 is 9.07. The van der Waals surface area contributed by atoms with Gasteiger partial charge in [0.15, 0.2) is 10.8 Å². The van der Waals surface area contributed by atoms with Crippen LogP contribution in [0.25, 0.3) is 43.5 Å². The first-order valence-corrected chi connectivity index (χ1v) is 19.9. The molecule has 4 aromatic heterocycles. The van der Waals surface area contributed by atoms with Crippen LogP contribution in [0.3, 0.4) is 0 Å². The zero-order valence-electron chi connectivity index (χ0n) is 32.2. The summed E-state index contributed by atoms with van der Waals surface area (Å²) in [6, 6.07) is 18.6. The van der Waals surface area contributed by atoms with Crippen molar-refractivity contribution >= 4 is 49.5 Å². The maximum absolute atomic E-state index is 13.6. The second-order valence-electron chi connectivity index (χ2n) is 18.3. The van der Waals surface area contributed by atoms with Crippen LogP contribution in [0.1, 0.15) is 99.7 Å². The quantitative estimate of drug-likeness (QED) is 0.157. The Balaban J connectivity index is 1.02. The average Bonchev–Trinajstić information content (AvgIpc) is 3.66. The summed E-state index contributed by atoms with van der Waals surface area (Å²) in [5.41, 5.74) is 4.71. The first kappa shape index (κ1) is 35.7. The lowest BCUT2D eigenvalue weighted by atomic mass is 9.39. The smallest absolute Gasteiger partial charge is 0.355 e. The molecular weight excluding hydrogens is 709 g/mol. The summed E-state index contributed by atoms with van der Waals surface area (Å²) in [7, 11) is 0. The van der Waals surface area contributed by atoms with Crippen molar-refractivity contribution in [2.75, 3.05) is 5.32 Å². The number of pyridine rings is 2. The van der Waals surface area contributed by atoms with Crippen LogP contribution in [0.4, 0.5) is 5.13 Å². The average molecular weight is 755 g/mol. The number of hydrogen-bond acceptors (Lipinski definition) is 8. The molecule has 282 valence electrons. The SMILES string of the molecule is Cc1c(-c2ccc(-c3ccc4cccc(C(=O)Nc5nc6cccnc6s5)c4c3)nc2C(=O)O)cnn1CC12CC3(C)CC(C)(C1)CC(OC(C)(C)C)(C3)C2. The van der Waals surface area contributed by atoms with Crippen LogP contribution in [-0.2, 0) is 11.3 Å². The van der Waals surface area contributed by atoms with E-state index in [1.807, 2.05) is 61.5 Å². The Labute approximate surface area is 324 Å². The van der Waals surface area contributed by atoms with E-state index < -0.39 is 5.97 Å². The van der Waals surface area contributed by atoms with Gasteiger partial charge in [-0.15, -0.1) is 0 Å². The summed E-state index contributed by atoms with van der Waals surface area (Å²) in [5.74, 6) is -1.41. The number of hydrogen-bond donors (Lipinski definition) is 2. The molecule has 4 aliphatic rings. The monoisotopic (exact) mass is 754 g/mol. The van der Waals surface area contributed by atoms with Gasteiger partial charge in [0.2, 0.25) is 0 Å². The molecule has 0 aliphatic heterocycles. The number of ether oxygens (including phenoxy) is 1. The highest BCUT2D eigenvalue weighted by Crippen LogP contribution is 2.72. The molecule has 55 heavy (non-hydrogen) atoms. The van der Waals surface area contributed by atoms with Gasteiger partial charge in [0, 0.05) is 40.7 Å². The van der Waals surface area contributed by atoms with E-state index in [0.29, 0.717) is 27.5 Å². The van der Waals surface area contributed by atoms with Gasteiger partial charge in [-0.2, -0.15) is 5.10 Å². The number of nitrogens with zero attached hydrogens (tertiary/aromatic N) is 5. The number of carbonyl (C=O) groups is 2. The molecule has 2 aromatic carbocycles. The van der Waals surface area contributed by atoms with Crippen LogP contribution >= 0.6 is 11.3 Å². The van der Waals surface area contributed by atoms with E-state index >= 15 is 0 Å². The highest BCUT2D eigenvalue weighted by atomic mass is 32.1. The Bertz CT molecular complexity index is 2490. The fraction of sp³-hybridized carbons (Fsp3) is 0.409. The number of aromatic nitrogens is 5. The van der Waals surface area contributed by atoms with Gasteiger partial charge in [-0.05, 0) is 130 Å². The second-order valence-corrected chi connectivity index (χ2v) is 19.3. The van der Waals surface area contributed by atoms with E-state index in [9.17, 15) is 14.7 Å². The zero-order chi connectivity index (χ0) is 38.5. The van der Waals surface area contributed by atoms with Gasteiger partial charge < -0.3 is 9.84 Å². The standard InChI is InChI=1S/C44H46N6O4S/c1-26-32(18-46-50(26)25-43-20-41(5)19-42(6,21-43)23-44(22-41,24-43)54-40(2,3)4)29-14-15-33(47-35(29)38(52)53)28-13-12-27-9-7-10-30(31(27)17-28)36(51)49-39-48-34-11-8-16-45-37(34)55-39/h7-18H,19-25H2,1-6H3,(H,52,53)(H,48,49,51). The number of anilines is 1. The van der Waals surface area contributed by atoms with Crippen molar-refractivity contribution in [1.82, 2.24) is 24.7 Å². The lowest BCUT2D eigenvalue weighted by Gasteiger charge is -2.70. The summed E-state index contributed by atoms with van der Waals surface area (Å²) >= 11 is 1.32. The van der Waals surface area contributed by atoms with Gasteiger partial charge in [0.25, 0.3) is 5.91 Å². The predicted molar refractivity (Wildman–Crippen MR) is 215 cm³/mol. The summed E-state index contributed by atoms with van der Waals surface area (Å²) in [5, 5.41) is 20.4. The van der Waals surface area contributed by atoms with Crippen molar-refractivity contribution in [1.29, 1.82) is 0 Å². The second kappa shape index (κ2) is 12.2. The lowest BCUT2D eigenvalue weighted by molar-refractivity contribution is -0.275. The normalized spacial score (nSPS) is 25.9. The Hall–Kier alpha value is -5.00. The van der Waals surface area contributed by atoms with Crippen LogP contribution in [0, 0.1) is 23.2 Å². The first-order chi connectivity index (χ1) is 26.0. The molecule has 2 atom stereocenters. The molecule has 4 aliphatic carbocycles. The van der Waals surface area contributed by atoms with Gasteiger partial charge >= 0.3 is 5.97 Å². The Morgan fingerprint density at radius 1 is 0.927 bits per heavy atom. The minimum absolute atomic E-state index is 0.0388. The van der Waals surface area contributed by atoms with Crippen molar-refractivity contribution in [3.63, 3.8) is 0 Å². The molecular formula is C44H46N6O4S. The number of carboxylic acids is 1. The largest absolute Gasteiger partial charge is 0.476 e. The molecule has 10 nitrogen and oxygen atoms in total. The van der Waals surface area contributed by atoms with E-state index in [-0.39, 0.29) is 39.0 Å². The maximum atomic E-state index is 13.6. The van der Waals surface area contributed by atoms with Gasteiger partial charge in [-0.3, -0.25) is 14.8 Å². The Kier molecular flexibility index (Phi) is 7.95. The molecule has 6 aromatic rings. The minimum atomic E-state index is -1.11. The van der Waals surface area contributed by atoms with Crippen LogP contribution in [0.2, 0.25) is 0 Å². The number of carbonyl (C=O) groups excluding carboxylic acids is 1. The Morgan fingerprint density at radius 2 is 1.71 bits per heavy atom. The summed E-state index contributed by atoms with van der Waals surface area (Å²) in [6.45, 7) is 14.2. The van der Waals surface area contributed by atoms with E-state index in [0.717, 1.165) is 71.0 Å². The van der Waals surface area contributed by atoms with E-state index in [4.69, 9.17) is 14.8 Å². The number of benzene rings is 2. The van der Waals surface area contributed by atoms with E-state index in [2.05, 4.69) is 54.6 Å². The predicted octanol–water partition coefficient (Wildman–Crippen LogP) is 9.96. The lowest BCUT2D eigenvalue weighted by Crippen LogP contribution is -2.65. The highest BCUT2D eigenvalue weighted by Gasteiger charge is 2.66. The number of carboxylic acid groups (broad SMARTS) is 1. The molecule has 4 heterocycles. The molecule has 0 spiro atoms. The maximum Gasteiger partial charge on any atom is 0.355 e. The molecule has 11 heteroatoms. The third kappa shape index (κ3) is 6.40. The molecule has 1 amide bonds. The topological polar surface area (TPSA) is 132 Å². The number of amides is 1. The van der Waals surface area contributed by atoms with Gasteiger partial charge in [0.05, 0.1) is 23.1 Å². The zero-order valence-corrected chi connectivity index (χ0v) is 33.0. The number of fused-ring (bicyclic) bond motifs is 2. The van der Waals surface area contributed by atoms with Crippen molar-refractivity contribution in [3.8, 4) is 22.4 Å². The fourth-order valence-electron chi connectivity index (χ4n) is 11.6. The van der Waals surface area contributed by atoms with Gasteiger partial charge in [-0.1, -0.05) is 49.4 Å². The fourth-order valence-corrected chi connectivity index (χ4v) is 12.4. The Morgan fingerprint density at radius 3 is 2.44 bits per heavy atom. The molecule has 0 radical (unpaired) electrons. The van der Waals surface area contributed by atoms with Crippen LogP contribution in [0.15, 0.2) is 73.1 Å². The highest BCUT2D eigenvalue weighted by molar-refractivity contribution is 7.22. The van der Waals surface area contributed by atoms with Crippen molar-refractivity contribution in [2.45, 2.75) is 97.8 Å². The third-order valence-corrected chi connectivity index (χ3v) is 12.9. The molecule has 4 bridgehead atoms. The third-order valence-electron chi connectivity index (χ3n) is 12.0. The minimum Gasteiger partial charge on any atom is -0.476 e. The van der Waals surface area contributed by atoms with Crippen LogP contribution in [-0.4, -0.2) is 52.9 Å². The molecule has 2 unspecified atom stereocenters. The van der Waals surface area contributed by atoms with Gasteiger partial charge in [-0.25, -0.2) is 19.7 Å². The van der Waals surface area contributed by atoms with E-state index in [1.54, 1.807) is 18.5 Å². The molecule has 2 N–H and O–H groups in total. The van der Waals surface area contributed by atoms with Crippen LogP contribution in [0.5, 0.6) is 0 Å². The molecule has 4 fully saturated rings. The summed E-state index contributed by atoms with van der Waals surface area (Å²) in [6.07, 6.45) is 10.2. The summed E-state index contributed by atoms with van der Waals surface area (Å²) in [4.78, 5) is 40.7. The number of rotatable bonds is 8. The number of aromatic carboxylic acids is 1. The van der Waals surface area contributed by atoms with Crippen molar-refractivity contribution in [3.05, 3.63) is 90.0 Å². The number of thiazole rings is 1. The molecule has 10 rings (SSSR count). The van der Waals surface area contributed by atoms with Crippen molar-refractivity contribution in [2.24, 2.45) is 16.2 Å². The molecule has 4 saturated carbocycles. The number of nitrogens with one attached hydrogen (secondary N) is 1. The first-order valence-electron chi connectivity index (χ1n) is 19.1. The van der Waals surface area contributed by atoms with Crippen LogP contribution < -0.4 is 5.32 Å². The van der Waals surface area contributed by atoms with Gasteiger partial charge in [0.1, 0.15) is 10.3 Å². The molecule has 0 saturated heterocycles. The van der Waals surface area contributed by atoms with E-state index in [1.165, 1.54) is 17.8 Å². The van der Waals surface area contributed by atoms with Crippen molar-refractivity contribution < 1.29 is 19.4 Å².